The van der Waals surface area contributed by atoms with Gasteiger partial charge in [-0.25, -0.2) is 4.79 Å². The maximum Gasteiger partial charge on any atom is 0.340 e. The summed E-state index contributed by atoms with van der Waals surface area (Å²) in [7, 11) is 0. The maximum absolute atomic E-state index is 12.1. The highest BCUT2D eigenvalue weighted by Gasteiger charge is 2.27. The molecule has 0 bridgehead atoms. The van der Waals surface area contributed by atoms with Gasteiger partial charge in [0.1, 0.15) is 6.10 Å². The van der Waals surface area contributed by atoms with Gasteiger partial charge in [-0.05, 0) is 37.7 Å². The molecule has 4 heteroatoms. The molecule has 0 aromatic carbocycles. The number of anilines is 1. The van der Waals surface area contributed by atoms with Gasteiger partial charge in [0.05, 0.1) is 17.4 Å². The zero-order valence-electron chi connectivity index (χ0n) is 10.8. The fourth-order valence-electron chi connectivity index (χ4n) is 2.59. The van der Waals surface area contributed by atoms with Gasteiger partial charge in [-0.1, -0.05) is 13.3 Å². The summed E-state index contributed by atoms with van der Waals surface area (Å²) in [6, 6.07) is 1.61. The molecule has 18 heavy (non-hydrogen) atoms. The van der Waals surface area contributed by atoms with Crippen LogP contribution in [0.1, 0.15) is 49.4 Å². The monoisotopic (exact) mass is 248 g/mol. The van der Waals surface area contributed by atoms with Gasteiger partial charge in [0.25, 0.3) is 0 Å². The second-order valence-corrected chi connectivity index (χ2v) is 4.86. The fraction of sp³-hybridized carbons (Fsp3) is 0.571. The SMILES string of the molecule is CCC1CCCCC1OC(=O)c1ccncc1N. The highest BCUT2D eigenvalue weighted by atomic mass is 16.5. The van der Waals surface area contributed by atoms with Gasteiger partial charge in [0.2, 0.25) is 0 Å². The zero-order valence-corrected chi connectivity index (χ0v) is 10.8. The van der Waals surface area contributed by atoms with E-state index in [-0.39, 0.29) is 12.1 Å². The summed E-state index contributed by atoms with van der Waals surface area (Å²) in [4.78, 5) is 15.9. The van der Waals surface area contributed by atoms with Crippen LogP contribution >= 0.6 is 0 Å². The topological polar surface area (TPSA) is 65.2 Å². The number of aromatic nitrogens is 1. The Labute approximate surface area is 108 Å². The number of nitrogens with two attached hydrogens (primary N) is 1. The number of rotatable bonds is 3. The van der Waals surface area contributed by atoms with Crippen LogP contribution in [0.15, 0.2) is 18.5 Å². The van der Waals surface area contributed by atoms with Gasteiger partial charge in [0, 0.05) is 6.20 Å². The molecule has 0 aliphatic heterocycles. The summed E-state index contributed by atoms with van der Waals surface area (Å²) in [5, 5.41) is 0. The van der Waals surface area contributed by atoms with E-state index in [0.717, 1.165) is 25.7 Å². The van der Waals surface area contributed by atoms with Gasteiger partial charge < -0.3 is 10.5 Å². The Balaban J connectivity index is 2.04. The van der Waals surface area contributed by atoms with E-state index in [0.29, 0.717) is 17.2 Å². The predicted octanol–water partition coefficient (Wildman–Crippen LogP) is 2.79. The Hall–Kier alpha value is -1.58. The van der Waals surface area contributed by atoms with Crippen LogP contribution in [0.2, 0.25) is 0 Å². The van der Waals surface area contributed by atoms with Crippen molar-refractivity contribution in [3.63, 3.8) is 0 Å². The number of nitrogen functional groups attached to an aromatic ring is 1. The second kappa shape index (κ2) is 5.85. The third-order valence-electron chi connectivity index (χ3n) is 3.69. The molecule has 0 spiro atoms. The van der Waals surface area contributed by atoms with Crippen LogP contribution in [0, 0.1) is 5.92 Å². The minimum absolute atomic E-state index is 0.0452. The molecule has 2 unspecified atom stereocenters. The highest BCUT2D eigenvalue weighted by Crippen LogP contribution is 2.30. The molecule has 0 amide bonds. The Morgan fingerprint density at radius 3 is 3.00 bits per heavy atom. The lowest BCUT2D eigenvalue weighted by Crippen LogP contribution is -2.30. The minimum atomic E-state index is -0.319. The first kappa shape index (κ1) is 12.9. The Bertz CT molecular complexity index is 420. The van der Waals surface area contributed by atoms with E-state index in [1.165, 1.54) is 12.6 Å². The number of pyridine rings is 1. The summed E-state index contributed by atoms with van der Waals surface area (Å²) < 4.78 is 5.62. The highest BCUT2D eigenvalue weighted by molar-refractivity contribution is 5.94. The molecule has 98 valence electrons. The Morgan fingerprint density at radius 1 is 1.50 bits per heavy atom. The van der Waals surface area contributed by atoms with Crippen LogP contribution < -0.4 is 5.73 Å². The Morgan fingerprint density at radius 2 is 2.28 bits per heavy atom. The number of carbonyl (C=O) groups is 1. The van der Waals surface area contributed by atoms with Crippen molar-refractivity contribution in [2.75, 3.05) is 5.73 Å². The molecule has 1 aliphatic carbocycles. The summed E-state index contributed by atoms with van der Waals surface area (Å²) in [5.41, 5.74) is 6.53. The van der Waals surface area contributed by atoms with Crippen LogP contribution in [-0.2, 0) is 4.74 Å². The van der Waals surface area contributed by atoms with Crippen LogP contribution in [0.3, 0.4) is 0 Å². The van der Waals surface area contributed by atoms with E-state index in [4.69, 9.17) is 10.5 Å². The molecule has 0 radical (unpaired) electrons. The molecule has 0 saturated heterocycles. The van der Waals surface area contributed by atoms with Crippen LogP contribution in [-0.4, -0.2) is 17.1 Å². The fourth-order valence-corrected chi connectivity index (χ4v) is 2.59. The molecule has 1 aromatic heterocycles. The average Bonchev–Trinajstić information content (AvgIpc) is 2.39. The van der Waals surface area contributed by atoms with Crippen molar-refractivity contribution < 1.29 is 9.53 Å². The van der Waals surface area contributed by atoms with E-state index in [9.17, 15) is 4.79 Å². The average molecular weight is 248 g/mol. The first-order chi connectivity index (χ1) is 8.72. The third kappa shape index (κ3) is 2.81. The summed E-state index contributed by atoms with van der Waals surface area (Å²) >= 11 is 0. The van der Waals surface area contributed by atoms with Gasteiger partial charge in [0.15, 0.2) is 0 Å². The van der Waals surface area contributed by atoms with Gasteiger partial charge in [-0.3, -0.25) is 4.98 Å². The molecule has 2 rings (SSSR count). The molecule has 2 N–H and O–H groups in total. The van der Waals surface area contributed by atoms with Crippen LogP contribution in [0.5, 0.6) is 0 Å². The largest absolute Gasteiger partial charge is 0.458 e. The number of hydrogen-bond donors (Lipinski definition) is 1. The lowest BCUT2D eigenvalue weighted by Gasteiger charge is -2.30. The number of nitrogens with zero attached hydrogens (tertiary/aromatic N) is 1. The van der Waals surface area contributed by atoms with Crippen LogP contribution in [0.25, 0.3) is 0 Å². The summed E-state index contributed by atoms with van der Waals surface area (Å²) in [5.74, 6) is 0.172. The maximum atomic E-state index is 12.1. The quantitative estimate of drug-likeness (QED) is 0.835. The van der Waals surface area contributed by atoms with Crippen molar-refractivity contribution in [3.05, 3.63) is 24.0 Å². The standard InChI is InChI=1S/C14H20N2O2/c1-2-10-5-3-4-6-13(10)18-14(17)11-7-8-16-9-12(11)15/h7-10,13H,2-6,15H2,1H3. The second-order valence-electron chi connectivity index (χ2n) is 4.86. The van der Waals surface area contributed by atoms with Crippen molar-refractivity contribution in [2.45, 2.75) is 45.1 Å². The van der Waals surface area contributed by atoms with Crippen molar-refractivity contribution in [1.82, 2.24) is 4.98 Å². The van der Waals surface area contributed by atoms with Gasteiger partial charge in [-0.15, -0.1) is 0 Å². The van der Waals surface area contributed by atoms with E-state index >= 15 is 0 Å². The van der Waals surface area contributed by atoms with Crippen LogP contribution in [0.4, 0.5) is 5.69 Å². The van der Waals surface area contributed by atoms with Crippen molar-refractivity contribution in [3.8, 4) is 0 Å². The first-order valence-corrected chi connectivity index (χ1v) is 6.62. The lowest BCUT2D eigenvalue weighted by molar-refractivity contribution is 0.000811. The molecule has 1 saturated carbocycles. The number of hydrogen-bond acceptors (Lipinski definition) is 4. The third-order valence-corrected chi connectivity index (χ3v) is 3.69. The minimum Gasteiger partial charge on any atom is -0.458 e. The molecular weight excluding hydrogens is 228 g/mol. The predicted molar refractivity (Wildman–Crippen MR) is 70.1 cm³/mol. The normalized spacial score (nSPS) is 23.6. The zero-order chi connectivity index (χ0) is 13.0. The molecule has 2 atom stereocenters. The van der Waals surface area contributed by atoms with Crippen molar-refractivity contribution in [1.29, 1.82) is 0 Å². The summed E-state index contributed by atoms with van der Waals surface area (Å²) in [6.45, 7) is 2.15. The van der Waals surface area contributed by atoms with Gasteiger partial charge in [-0.2, -0.15) is 0 Å². The summed E-state index contributed by atoms with van der Waals surface area (Å²) in [6.07, 6.45) is 8.65. The number of esters is 1. The molecular formula is C14H20N2O2. The van der Waals surface area contributed by atoms with Crippen molar-refractivity contribution >= 4 is 11.7 Å². The Kier molecular flexibility index (Phi) is 4.18. The van der Waals surface area contributed by atoms with E-state index in [2.05, 4.69) is 11.9 Å². The first-order valence-electron chi connectivity index (χ1n) is 6.62. The van der Waals surface area contributed by atoms with E-state index < -0.39 is 0 Å². The smallest absolute Gasteiger partial charge is 0.340 e. The van der Waals surface area contributed by atoms with Crippen molar-refractivity contribution in [2.24, 2.45) is 5.92 Å². The van der Waals surface area contributed by atoms with E-state index in [1.54, 1.807) is 12.3 Å². The van der Waals surface area contributed by atoms with E-state index in [1.807, 2.05) is 0 Å². The molecule has 4 nitrogen and oxygen atoms in total. The van der Waals surface area contributed by atoms with Gasteiger partial charge >= 0.3 is 5.97 Å². The molecule has 1 aliphatic rings. The molecule has 1 heterocycles. The lowest BCUT2D eigenvalue weighted by atomic mass is 9.85. The molecule has 1 aromatic rings. The number of ether oxygens (including phenoxy) is 1. The number of carbonyl (C=O) groups excluding carboxylic acids is 1. The molecule has 1 fully saturated rings.